The van der Waals surface area contributed by atoms with Gasteiger partial charge in [-0.3, -0.25) is 9.36 Å². The van der Waals surface area contributed by atoms with Gasteiger partial charge in [-0.1, -0.05) is 13.8 Å². The molecular formula is C23H29N7S. The Balaban J connectivity index is 1.47. The summed E-state index contributed by atoms with van der Waals surface area (Å²) in [6.45, 7) is 5.39. The van der Waals surface area contributed by atoms with Crippen molar-refractivity contribution in [1.29, 1.82) is 0 Å². The quantitative estimate of drug-likeness (QED) is 0.410. The normalized spacial score (nSPS) is 15.3. The molecular weight excluding hydrogens is 406 g/mol. The molecule has 0 aromatic carbocycles. The van der Waals surface area contributed by atoms with Crippen LogP contribution in [0.5, 0.6) is 0 Å². The SMILES string of the molecule is CCC(CC)n1cc(-c2nc(-c3cnn(CC4CCSCC4)c3)cn3nccc23)cn1. The average Bonchev–Trinajstić information content (AvgIpc) is 3.55. The van der Waals surface area contributed by atoms with Crippen LogP contribution in [0.3, 0.4) is 0 Å². The van der Waals surface area contributed by atoms with Gasteiger partial charge >= 0.3 is 0 Å². The Labute approximate surface area is 186 Å². The fourth-order valence-electron chi connectivity index (χ4n) is 4.39. The van der Waals surface area contributed by atoms with E-state index in [0.29, 0.717) is 6.04 Å². The summed E-state index contributed by atoms with van der Waals surface area (Å²) in [4.78, 5) is 5.03. The third-order valence-electron chi connectivity index (χ3n) is 6.30. The summed E-state index contributed by atoms with van der Waals surface area (Å²) in [7, 11) is 0. The lowest BCUT2D eigenvalue weighted by Gasteiger charge is -2.20. The first kappa shape index (κ1) is 20.3. The smallest absolute Gasteiger partial charge is 0.0999 e. The summed E-state index contributed by atoms with van der Waals surface area (Å²) in [6, 6.07) is 2.42. The Bertz CT molecular complexity index is 1150. The first-order valence-corrected chi connectivity index (χ1v) is 12.4. The molecule has 0 N–H and O–H groups in total. The molecule has 1 saturated heterocycles. The summed E-state index contributed by atoms with van der Waals surface area (Å²) < 4.78 is 6.05. The van der Waals surface area contributed by atoms with Gasteiger partial charge in [0.2, 0.25) is 0 Å². The second kappa shape index (κ2) is 8.86. The Morgan fingerprint density at radius 3 is 2.61 bits per heavy atom. The van der Waals surface area contributed by atoms with E-state index in [9.17, 15) is 0 Å². The van der Waals surface area contributed by atoms with Crippen LogP contribution in [0, 0.1) is 5.92 Å². The minimum absolute atomic E-state index is 0.411. The summed E-state index contributed by atoms with van der Waals surface area (Å²) in [6.07, 6.45) is 16.6. The predicted octanol–water partition coefficient (Wildman–Crippen LogP) is 4.96. The maximum atomic E-state index is 5.03. The highest BCUT2D eigenvalue weighted by atomic mass is 32.2. The van der Waals surface area contributed by atoms with Crippen LogP contribution in [0.4, 0.5) is 0 Å². The second-order valence-electron chi connectivity index (χ2n) is 8.32. The standard InChI is InChI=1S/C23H29N7S/c1-3-20(4-2)29-15-19(12-26-29)23-22-5-8-24-30(22)16-21(27-23)18-11-25-28(14-18)13-17-6-9-31-10-7-17/h5,8,11-12,14-17,20H,3-4,6-7,9-10,13H2,1-2H3. The molecule has 5 rings (SSSR count). The van der Waals surface area contributed by atoms with Gasteiger partial charge in [-0.15, -0.1) is 0 Å². The summed E-state index contributed by atoms with van der Waals surface area (Å²) >= 11 is 2.06. The largest absolute Gasteiger partial charge is 0.272 e. The number of rotatable bonds is 7. The number of hydrogen-bond donors (Lipinski definition) is 0. The Morgan fingerprint density at radius 1 is 1.00 bits per heavy atom. The molecule has 0 saturated carbocycles. The minimum atomic E-state index is 0.411. The van der Waals surface area contributed by atoms with E-state index in [1.165, 1.54) is 24.3 Å². The summed E-state index contributed by atoms with van der Waals surface area (Å²) in [5.74, 6) is 3.26. The summed E-state index contributed by atoms with van der Waals surface area (Å²) in [5, 5.41) is 13.7. The van der Waals surface area contributed by atoms with E-state index in [4.69, 9.17) is 4.98 Å². The van der Waals surface area contributed by atoms with Gasteiger partial charge in [-0.05, 0) is 49.2 Å². The molecule has 7 nitrogen and oxygen atoms in total. The van der Waals surface area contributed by atoms with Crippen LogP contribution in [-0.4, -0.2) is 45.7 Å². The fraction of sp³-hybridized carbons (Fsp3) is 0.478. The molecule has 0 spiro atoms. The van der Waals surface area contributed by atoms with E-state index in [0.717, 1.165) is 53.3 Å². The van der Waals surface area contributed by atoms with Crippen molar-refractivity contribution in [3.63, 3.8) is 0 Å². The molecule has 0 unspecified atom stereocenters. The molecule has 0 radical (unpaired) electrons. The molecule has 0 amide bonds. The minimum Gasteiger partial charge on any atom is -0.272 e. The van der Waals surface area contributed by atoms with Gasteiger partial charge < -0.3 is 0 Å². The van der Waals surface area contributed by atoms with Crippen LogP contribution in [0.1, 0.15) is 45.6 Å². The second-order valence-corrected chi connectivity index (χ2v) is 9.55. The highest BCUT2D eigenvalue weighted by Crippen LogP contribution is 2.29. The number of aromatic nitrogens is 7. The van der Waals surface area contributed by atoms with Gasteiger partial charge in [0.05, 0.1) is 47.7 Å². The highest BCUT2D eigenvalue weighted by molar-refractivity contribution is 7.99. The van der Waals surface area contributed by atoms with Crippen molar-refractivity contribution in [1.82, 2.24) is 34.2 Å². The molecule has 5 heterocycles. The number of hydrogen-bond acceptors (Lipinski definition) is 5. The number of nitrogens with zero attached hydrogens (tertiary/aromatic N) is 7. The van der Waals surface area contributed by atoms with Crippen molar-refractivity contribution in [2.24, 2.45) is 5.92 Å². The molecule has 1 aliphatic heterocycles. The average molecular weight is 436 g/mol. The van der Waals surface area contributed by atoms with Crippen LogP contribution in [0.2, 0.25) is 0 Å². The molecule has 1 fully saturated rings. The van der Waals surface area contributed by atoms with Crippen molar-refractivity contribution in [2.45, 2.75) is 52.1 Å². The molecule has 0 atom stereocenters. The first-order chi connectivity index (χ1) is 15.2. The highest BCUT2D eigenvalue weighted by Gasteiger charge is 2.17. The van der Waals surface area contributed by atoms with Crippen LogP contribution in [-0.2, 0) is 6.54 Å². The molecule has 8 heteroatoms. The number of thioether (sulfide) groups is 1. The van der Waals surface area contributed by atoms with E-state index in [1.807, 2.05) is 35.4 Å². The molecule has 31 heavy (non-hydrogen) atoms. The zero-order valence-electron chi connectivity index (χ0n) is 18.2. The maximum Gasteiger partial charge on any atom is 0.0999 e. The third-order valence-corrected chi connectivity index (χ3v) is 7.35. The van der Waals surface area contributed by atoms with E-state index in [2.05, 4.69) is 62.7 Å². The van der Waals surface area contributed by atoms with Gasteiger partial charge in [-0.2, -0.15) is 27.1 Å². The van der Waals surface area contributed by atoms with Crippen molar-refractivity contribution in [3.05, 3.63) is 43.2 Å². The first-order valence-electron chi connectivity index (χ1n) is 11.2. The van der Waals surface area contributed by atoms with E-state index in [-0.39, 0.29) is 0 Å². The Hall–Kier alpha value is -2.61. The van der Waals surface area contributed by atoms with Crippen LogP contribution in [0.25, 0.3) is 28.0 Å². The predicted molar refractivity (Wildman–Crippen MR) is 125 cm³/mol. The number of fused-ring (bicyclic) bond motifs is 1. The van der Waals surface area contributed by atoms with Crippen LogP contribution >= 0.6 is 11.8 Å². The Kier molecular flexibility index (Phi) is 5.80. The zero-order valence-corrected chi connectivity index (χ0v) is 19.0. The monoisotopic (exact) mass is 435 g/mol. The Morgan fingerprint density at radius 2 is 1.81 bits per heavy atom. The van der Waals surface area contributed by atoms with E-state index >= 15 is 0 Å². The lowest BCUT2D eigenvalue weighted by Crippen LogP contribution is -2.16. The molecule has 0 aliphatic carbocycles. The molecule has 4 aromatic rings. The molecule has 4 aromatic heterocycles. The van der Waals surface area contributed by atoms with Gasteiger partial charge in [-0.25, -0.2) is 9.50 Å². The van der Waals surface area contributed by atoms with Crippen LogP contribution < -0.4 is 0 Å². The van der Waals surface area contributed by atoms with Gasteiger partial charge in [0, 0.05) is 30.1 Å². The summed E-state index contributed by atoms with van der Waals surface area (Å²) in [5.41, 5.74) is 4.82. The third kappa shape index (κ3) is 4.13. The zero-order chi connectivity index (χ0) is 21.2. The molecule has 1 aliphatic rings. The topological polar surface area (TPSA) is 65.8 Å². The molecule has 0 bridgehead atoms. The van der Waals surface area contributed by atoms with Gasteiger partial charge in [0.15, 0.2) is 0 Å². The van der Waals surface area contributed by atoms with E-state index in [1.54, 1.807) is 0 Å². The van der Waals surface area contributed by atoms with Crippen molar-refractivity contribution in [2.75, 3.05) is 11.5 Å². The fourth-order valence-corrected chi connectivity index (χ4v) is 5.59. The maximum absolute atomic E-state index is 5.03. The van der Waals surface area contributed by atoms with Crippen molar-refractivity contribution < 1.29 is 0 Å². The van der Waals surface area contributed by atoms with Crippen molar-refractivity contribution >= 4 is 17.3 Å². The van der Waals surface area contributed by atoms with Crippen molar-refractivity contribution in [3.8, 4) is 22.5 Å². The lowest BCUT2D eigenvalue weighted by atomic mass is 10.0. The van der Waals surface area contributed by atoms with E-state index < -0.39 is 0 Å². The van der Waals surface area contributed by atoms with Gasteiger partial charge in [0.1, 0.15) is 0 Å². The lowest BCUT2D eigenvalue weighted by molar-refractivity contribution is 0.394. The van der Waals surface area contributed by atoms with Gasteiger partial charge in [0.25, 0.3) is 0 Å². The van der Waals surface area contributed by atoms with Crippen LogP contribution in [0.15, 0.2) is 43.2 Å². The molecule has 162 valence electrons.